The second-order valence-electron chi connectivity index (χ2n) is 12.3. The van der Waals surface area contributed by atoms with Gasteiger partial charge in [-0.25, -0.2) is 0 Å². The summed E-state index contributed by atoms with van der Waals surface area (Å²) in [7, 11) is 1.75. The average Bonchev–Trinajstić information content (AvgIpc) is 3.75. The third-order valence-electron chi connectivity index (χ3n) is 7.33. The number of nitrogens with one attached hydrogen (secondary N) is 5. The van der Waals surface area contributed by atoms with Gasteiger partial charge >= 0.3 is 0 Å². The monoisotopic (exact) mass is 751 g/mol. The van der Waals surface area contributed by atoms with Crippen LogP contribution in [0.5, 0.6) is 0 Å². The average molecular weight is 751 g/mol. The van der Waals surface area contributed by atoms with Crippen LogP contribution in [-0.4, -0.2) is 105 Å². The Hall–Kier alpha value is -2.22. The molecule has 4 aliphatic rings. The summed E-state index contributed by atoms with van der Waals surface area (Å²) in [5.74, 6) is 1.30. The van der Waals surface area contributed by atoms with Crippen LogP contribution in [0.25, 0.3) is 0 Å². The summed E-state index contributed by atoms with van der Waals surface area (Å²) in [6.07, 6.45) is 12.9. The molecule has 1 aliphatic carbocycles. The van der Waals surface area contributed by atoms with Crippen molar-refractivity contribution in [3.05, 3.63) is 0 Å². The molecule has 3 heterocycles. The topological polar surface area (TPSA) is 189 Å². The van der Waals surface area contributed by atoms with Gasteiger partial charge in [0.25, 0.3) is 0 Å². The number of carbonyl (C=O) groups is 6. The third kappa shape index (κ3) is 47.8. The van der Waals surface area contributed by atoms with Gasteiger partial charge in [0.2, 0.25) is 0 Å². The number of Topliss-reactive ketones (excluding diaryl/α,β-unsaturated/α-hetero) is 6. The Morgan fingerprint density at radius 2 is 0.827 bits per heavy atom. The number of hydrogen-bond acceptors (Lipinski definition) is 12. The predicted octanol–water partition coefficient (Wildman–Crippen LogP) is 5.63. The van der Waals surface area contributed by atoms with Crippen LogP contribution in [0, 0.1) is 0 Å². The van der Waals surface area contributed by atoms with E-state index in [-0.39, 0.29) is 98.1 Å². The van der Waals surface area contributed by atoms with Crippen molar-refractivity contribution >= 4 is 34.7 Å². The van der Waals surface area contributed by atoms with Crippen molar-refractivity contribution in [1.82, 2.24) is 26.6 Å². The standard InChI is InChI=1S/C8H15NO.C7H13NO.2C6H11NO.C4H9NO.C3H7NO.6CH4/c1-7(10)8-5-3-2-4-6-9-8;1-6(9)7-4-2-3-5-8-7;1-5(8)4-7-6-2-3-6;1-5(8)6-3-2-4-7-6;1-4(6)3-5-2;1-3(5)2-4;;;;;;/h8-9H,2-6H2,1H3;7-8H,2-5H2,1H3;2*6-7H,2-4H2,1H3;5H,3H2,1-2H3;2,4H2,1H3;6*1H4. The molecule has 3 saturated heterocycles. The van der Waals surface area contributed by atoms with Crippen molar-refractivity contribution < 1.29 is 28.8 Å². The minimum Gasteiger partial charge on any atom is -0.324 e. The van der Waals surface area contributed by atoms with Gasteiger partial charge in [-0.15, -0.1) is 0 Å². The molecule has 0 spiro atoms. The van der Waals surface area contributed by atoms with Gasteiger partial charge in [-0.1, -0.05) is 63.8 Å². The molecule has 3 unspecified atom stereocenters. The highest BCUT2D eigenvalue weighted by Gasteiger charge is 2.20. The highest BCUT2D eigenvalue weighted by molar-refractivity contribution is 5.82. The zero-order valence-corrected chi connectivity index (χ0v) is 29.9. The van der Waals surface area contributed by atoms with Crippen LogP contribution in [0.15, 0.2) is 0 Å². The van der Waals surface area contributed by atoms with E-state index >= 15 is 0 Å². The molecular weight excluding hydrogens is 660 g/mol. The molecule has 1 saturated carbocycles. The first-order valence-corrected chi connectivity index (χ1v) is 17.0. The van der Waals surface area contributed by atoms with Gasteiger partial charge in [-0.2, -0.15) is 0 Å². The number of likely N-dealkylation sites (N-methyl/N-ethyl adjacent to an activating group) is 1. The van der Waals surface area contributed by atoms with Gasteiger partial charge in [0, 0.05) is 6.04 Å². The largest absolute Gasteiger partial charge is 0.324 e. The molecule has 0 radical (unpaired) electrons. The van der Waals surface area contributed by atoms with E-state index in [1.165, 1.54) is 51.9 Å². The number of ketones is 6. The Balaban J connectivity index is -0.0000000737. The first-order valence-electron chi connectivity index (χ1n) is 17.0. The lowest BCUT2D eigenvalue weighted by Crippen LogP contribution is -2.38. The molecule has 0 bridgehead atoms. The van der Waals surface area contributed by atoms with Crippen molar-refractivity contribution in [2.24, 2.45) is 5.73 Å². The van der Waals surface area contributed by atoms with Crippen molar-refractivity contribution in [3.63, 3.8) is 0 Å². The summed E-state index contributed by atoms with van der Waals surface area (Å²) >= 11 is 0. The van der Waals surface area contributed by atoms with E-state index in [0.717, 1.165) is 45.3 Å². The SMILES string of the molecule is C.C.C.C.C.C.CC(=O)C1CCCCCN1.CC(=O)C1CCCCN1.CC(=O)C1CCCN1.CC(=O)CN.CC(=O)CNC1CC1.CNCC(C)=O. The van der Waals surface area contributed by atoms with E-state index < -0.39 is 0 Å². The highest BCUT2D eigenvalue weighted by Crippen LogP contribution is 2.17. The summed E-state index contributed by atoms with van der Waals surface area (Å²) in [4.78, 5) is 62.2. The summed E-state index contributed by atoms with van der Waals surface area (Å²) in [5.41, 5.74) is 4.82. The zero-order valence-electron chi connectivity index (χ0n) is 29.9. The van der Waals surface area contributed by atoms with Crippen LogP contribution in [0.2, 0.25) is 0 Å². The van der Waals surface area contributed by atoms with Gasteiger partial charge in [0.1, 0.15) is 34.7 Å². The quantitative estimate of drug-likeness (QED) is 0.171. The van der Waals surface area contributed by atoms with Crippen LogP contribution in [0.4, 0.5) is 0 Å². The first kappa shape index (κ1) is 67.9. The van der Waals surface area contributed by atoms with Crippen molar-refractivity contribution in [3.8, 4) is 0 Å². The Bertz CT molecular complexity index is 863. The van der Waals surface area contributed by atoms with Crippen LogP contribution in [-0.2, 0) is 28.8 Å². The molecule has 4 fully saturated rings. The summed E-state index contributed by atoms with van der Waals surface area (Å²) in [6.45, 7) is 13.9. The number of piperidine rings is 1. The van der Waals surface area contributed by atoms with Crippen molar-refractivity contribution in [2.75, 3.05) is 46.3 Å². The second-order valence-corrected chi connectivity index (χ2v) is 12.3. The number of rotatable bonds is 9. The van der Waals surface area contributed by atoms with Crippen LogP contribution in [0.1, 0.15) is 157 Å². The molecule has 3 aliphatic heterocycles. The summed E-state index contributed by atoms with van der Waals surface area (Å²) < 4.78 is 0. The van der Waals surface area contributed by atoms with Gasteiger partial charge in [-0.05, 0) is 120 Å². The van der Waals surface area contributed by atoms with Gasteiger partial charge in [0.15, 0.2) is 0 Å². The maximum atomic E-state index is 10.9. The Kier molecular flexibility index (Phi) is 58.6. The normalized spacial score (nSPS) is 19.0. The molecule has 0 aromatic carbocycles. The smallest absolute Gasteiger partial charge is 0.146 e. The third-order valence-corrected chi connectivity index (χ3v) is 7.33. The minimum absolute atomic E-state index is 0. The fraction of sp³-hybridized carbons (Fsp3) is 0.850. The van der Waals surface area contributed by atoms with E-state index in [9.17, 15) is 28.8 Å². The van der Waals surface area contributed by atoms with Crippen LogP contribution in [0.3, 0.4) is 0 Å². The molecule has 0 amide bonds. The van der Waals surface area contributed by atoms with Gasteiger partial charge < -0.3 is 32.3 Å². The van der Waals surface area contributed by atoms with E-state index in [1.54, 1.807) is 41.7 Å². The van der Waals surface area contributed by atoms with Gasteiger partial charge in [-0.3, -0.25) is 28.8 Å². The van der Waals surface area contributed by atoms with Crippen molar-refractivity contribution in [1.29, 1.82) is 0 Å². The van der Waals surface area contributed by atoms with E-state index in [1.807, 2.05) is 0 Å². The Labute approximate surface area is 322 Å². The Morgan fingerprint density at radius 1 is 0.500 bits per heavy atom. The highest BCUT2D eigenvalue weighted by atomic mass is 16.1. The molecule has 12 heteroatoms. The molecule has 0 aromatic heterocycles. The molecule has 316 valence electrons. The first-order chi connectivity index (χ1) is 21.7. The van der Waals surface area contributed by atoms with Crippen LogP contribution >= 0.6 is 0 Å². The molecule has 7 N–H and O–H groups in total. The molecular formula is C40H90N6O6. The fourth-order valence-electron chi connectivity index (χ4n) is 4.43. The fourth-order valence-corrected chi connectivity index (χ4v) is 4.43. The molecule has 4 rings (SSSR count). The van der Waals surface area contributed by atoms with E-state index in [0.29, 0.717) is 24.9 Å². The predicted molar refractivity (Wildman–Crippen MR) is 225 cm³/mol. The van der Waals surface area contributed by atoms with Crippen LogP contribution < -0.4 is 32.3 Å². The maximum Gasteiger partial charge on any atom is 0.146 e. The van der Waals surface area contributed by atoms with E-state index in [2.05, 4.69) is 26.6 Å². The molecule has 3 atom stereocenters. The lowest BCUT2D eigenvalue weighted by molar-refractivity contribution is -0.120. The lowest BCUT2D eigenvalue weighted by Gasteiger charge is -2.20. The molecule has 52 heavy (non-hydrogen) atoms. The second kappa shape index (κ2) is 44.9. The number of nitrogens with two attached hydrogens (primary N) is 1. The molecule has 12 nitrogen and oxygen atoms in total. The number of carbonyl (C=O) groups excluding carboxylic acids is 6. The lowest BCUT2D eigenvalue weighted by atomic mass is 10.0. The van der Waals surface area contributed by atoms with Crippen molar-refractivity contribution in [2.45, 2.75) is 181 Å². The Morgan fingerprint density at radius 3 is 1.08 bits per heavy atom. The zero-order chi connectivity index (χ0) is 35.3. The number of hydrogen-bond donors (Lipinski definition) is 6. The summed E-state index contributed by atoms with van der Waals surface area (Å²) in [6, 6.07) is 1.16. The van der Waals surface area contributed by atoms with Gasteiger partial charge in [0.05, 0.1) is 37.8 Å². The maximum absolute atomic E-state index is 10.9. The van der Waals surface area contributed by atoms with E-state index in [4.69, 9.17) is 5.73 Å². The molecule has 0 aromatic rings. The minimum atomic E-state index is 0. The summed E-state index contributed by atoms with van der Waals surface area (Å²) in [5, 5.41) is 15.3.